The summed E-state index contributed by atoms with van der Waals surface area (Å²) in [4.78, 5) is 60.0. The summed E-state index contributed by atoms with van der Waals surface area (Å²) in [6, 6.07) is 24.0. The van der Waals surface area contributed by atoms with Crippen molar-refractivity contribution < 1.29 is 33.4 Å². The maximum Gasteiger partial charge on any atom is 0.260 e. The molecule has 1 saturated carbocycles. The number of amides is 4. The highest BCUT2D eigenvalue weighted by atomic mass is 79.9. The van der Waals surface area contributed by atoms with Crippen molar-refractivity contribution in [3.8, 4) is 11.5 Å². The Bertz CT molecular complexity index is 2300. The number of rotatable bonds is 5. The maximum absolute atomic E-state index is 15.3. The Balaban J connectivity index is 1.23. The lowest BCUT2D eigenvalue weighted by Crippen LogP contribution is -2.55. The zero-order valence-electron chi connectivity index (χ0n) is 27.8. The van der Waals surface area contributed by atoms with Gasteiger partial charge in [0.05, 0.1) is 40.8 Å². The number of aromatic hydroxyl groups is 1. The van der Waals surface area contributed by atoms with Gasteiger partial charge in [-0.1, -0.05) is 51.3 Å². The molecule has 3 aliphatic heterocycles. The lowest BCUT2D eigenvalue weighted by Gasteiger charge is -2.51. The van der Waals surface area contributed by atoms with Crippen LogP contribution in [0, 0.1) is 35.4 Å². The van der Waals surface area contributed by atoms with Gasteiger partial charge in [0.2, 0.25) is 11.8 Å². The smallest absolute Gasteiger partial charge is 0.260 e. The Morgan fingerprint density at radius 1 is 0.887 bits per heavy atom. The van der Waals surface area contributed by atoms with E-state index in [1.165, 1.54) is 35.2 Å². The second-order valence-electron chi connectivity index (χ2n) is 14.1. The molecule has 5 aliphatic rings. The van der Waals surface area contributed by atoms with Gasteiger partial charge in [0.25, 0.3) is 11.8 Å². The second-order valence-corrected chi connectivity index (χ2v) is 15.5. The molecule has 53 heavy (non-hydrogen) atoms. The number of allylic oxidation sites excluding steroid dienone is 3. The van der Waals surface area contributed by atoms with Crippen molar-refractivity contribution >= 4 is 62.5 Å². The number of halogens is 3. The van der Waals surface area contributed by atoms with E-state index >= 15 is 4.79 Å². The summed E-state index contributed by atoms with van der Waals surface area (Å²) in [6.07, 6.45) is 4.23. The van der Waals surface area contributed by atoms with Crippen molar-refractivity contribution in [1.29, 1.82) is 0 Å². The van der Waals surface area contributed by atoms with Gasteiger partial charge in [0, 0.05) is 27.4 Å². The van der Waals surface area contributed by atoms with E-state index in [2.05, 4.69) is 21.4 Å². The van der Waals surface area contributed by atoms with E-state index in [4.69, 9.17) is 16.3 Å². The molecule has 3 heterocycles. The van der Waals surface area contributed by atoms with E-state index in [1.54, 1.807) is 66.9 Å². The second kappa shape index (κ2) is 12.4. The summed E-state index contributed by atoms with van der Waals surface area (Å²) < 4.78 is 20.9. The molecule has 6 atom stereocenters. The Labute approximate surface area is 316 Å². The highest BCUT2D eigenvalue weighted by Crippen LogP contribution is 2.63. The van der Waals surface area contributed by atoms with Crippen molar-refractivity contribution in [3.05, 3.63) is 141 Å². The number of hydrogen-bond donors (Lipinski definition) is 2. The average Bonchev–Trinajstić information content (AvgIpc) is 3.53. The third-order valence-electron chi connectivity index (χ3n) is 11.5. The van der Waals surface area contributed by atoms with E-state index in [1.807, 2.05) is 6.08 Å². The number of carbonyl (C=O) groups excluding carboxylic acids is 4. The predicted octanol–water partition coefficient (Wildman–Crippen LogP) is 7.49. The summed E-state index contributed by atoms with van der Waals surface area (Å²) >= 11 is 9.81. The minimum Gasteiger partial charge on any atom is -0.508 e. The zero-order chi connectivity index (χ0) is 36.8. The first-order valence-electron chi connectivity index (χ1n) is 17.2. The normalized spacial score (nSPS) is 27.3. The van der Waals surface area contributed by atoms with E-state index in [0.717, 1.165) is 15.1 Å². The Morgan fingerprint density at radius 3 is 2.36 bits per heavy atom. The summed E-state index contributed by atoms with van der Waals surface area (Å²) in [5.41, 5.74) is 4.90. The number of phenols is 1. The molecular formula is C41H30BrClFN3O6. The number of fused-ring (bicyclic) bond motifs is 5. The fraction of sp³-hybridized carbons (Fsp3) is 0.220. The van der Waals surface area contributed by atoms with Crippen LogP contribution in [-0.2, 0) is 31.0 Å². The van der Waals surface area contributed by atoms with Gasteiger partial charge in [-0.05, 0) is 109 Å². The molecule has 9 nitrogen and oxygen atoms in total. The van der Waals surface area contributed by atoms with Crippen LogP contribution in [0.2, 0.25) is 5.02 Å². The Hall–Kier alpha value is -5.26. The van der Waals surface area contributed by atoms with Gasteiger partial charge < -0.3 is 9.84 Å². The molecule has 3 fully saturated rings. The van der Waals surface area contributed by atoms with Crippen molar-refractivity contribution in [2.24, 2.45) is 29.6 Å². The molecule has 0 unspecified atom stereocenters. The summed E-state index contributed by atoms with van der Waals surface area (Å²) in [5.74, 6) is -5.38. The summed E-state index contributed by atoms with van der Waals surface area (Å²) in [5, 5.41) is 11.9. The molecule has 4 aromatic carbocycles. The van der Waals surface area contributed by atoms with E-state index in [-0.39, 0.29) is 36.8 Å². The lowest BCUT2D eigenvalue weighted by molar-refractivity contribution is -0.139. The third kappa shape index (κ3) is 5.08. The molecule has 0 radical (unpaired) electrons. The van der Waals surface area contributed by atoms with Crippen molar-refractivity contribution in [1.82, 2.24) is 5.01 Å². The number of imide groups is 2. The lowest BCUT2D eigenvalue weighted by atomic mass is 9.48. The van der Waals surface area contributed by atoms with Gasteiger partial charge in [-0.25, -0.2) is 4.39 Å². The summed E-state index contributed by atoms with van der Waals surface area (Å²) in [7, 11) is 0. The number of nitrogens with zero attached hydrogens (tertiary/aromatic N) is 2. The Morgan fingerprint density at radius 2 is 1.62 bits per heavy atom. The molecule has 2 aliphatic carbocycles. The topological polar surface area (TPSA) is 116 Å². The van der Waals surface area contributed by atoms with Gasteiger partial charge >= 0.3 is 0 Å². The predicted molar refractivity (Wildman–Crippen MR) is 197 cm³/mol. The minimum atomic E-state index is -1.54. The first-order valence-corrected chi connectivity index (χ1v) is 18.4. The number of nitrogens with one attached hydrogen (secondary N) is 1. The molecule has 4 aromatic rings. The largest absolute Gasteiger partial charge is 0.508 e. The molecule has 2 saturated heterocycles. The van der Waals surface area contributed by atoms with E-state index < -0.39 is 52.6 Å². The molecule has 0 bridgehead atoms. The van der Waals surface area contributed by atoms with Crippen molar-refractivity contribution in [2.75, 3.05) is 10.3 Å². The van der Waals surface area contributed by atoms with Crippen molar-refractivity contribution in [3.63, 3.8) is 0 Å². The maximum atomic E-state index is 15.3. The van der Waals surface area contributed by atoms with Gasteiger partial charge in [0.15, 0.2) is 0 Å². The number of anilines is 2. The van der Waals surface area contributed by atoms with Crippen LogP contribution in [0.3, 0.4) is 0 Å². The Kier molecular flexibility index (Phi) is 7.86. The monoisotopic (exact) mass is 793 g/mol. The van der Waals surface area contributed by atoms with Gasteiger partial charge in [-0.3, -0.25) is 29.5 Å². The summed E-state index contributed by atoms with van der Waals surface area (Å²) in [6.45, 7) is 0. The number of ether oxygens (including phenoxy) is 1. The van der Waals surface area contributed by atoms with Crippen LogP contribution in [0.5, 0.6) is 11.5 Å². The SMILES string of the molecule is O=C1[C@@H]2C[C@@H]3C(=CC[C@@H]4C(=O)N(c5ccc(Br)cc5)C(=O)[C@@H]43)[C@H](C3=COc4ccc(O)cc4C3)[C@]2(c2ccc(Cl)cc2)C(=O)N1Nc1ccc(F)cc1. The van der Waals surface area contributed by atoms with Crippen LogP contribution in [0.15, 0.2) is 119 Å². The molecule has 0 aromatic heterocycles. The number of benzene rings is 4. The first kappa shape index (κ1) is 33.6. The van der Waals surface area contributed by atoms with Crippen LogP contribution < -0.4 is 15.1 Å². The molecule has 12 heteroatoms. The molecule has 0 spiro atoms. The molecule has 4 amide bonds. The fourth-order valence-electron chi connectivity index (χ4n) is 9.32. The standard InChI is InChI=1S/C41H30BrClFN3O6/c42-24-3-11-28(12-4-24)46-37(49)31-15-14-30-32(35(31)39(46)51)19-33-38(50)47(45-27-9-7-26(44)8-10-27)40(52)41(33,23-1-5-25(43)6-2-23)36(30)22-17-21-18-29(48)13-16-34(21)53-20-22/h1-14,16,18,20,31-33,35-36,45,48H,15,17,19H2/t31-,32+,33-,35-,36-,41+/m0/s1. The number of hydrazine groups is 1. The highest BCUT2D eigenvalue weighted by molar-refractivity contribution is 9.10. The third-order valence-corrected chi connectivity index (χ3v) is 12.3. The quantitative estimate of drug-likeness (QED) is 0.159. The zero-order valence-corrected chi connectivity index (χ0v) is 30.2. The van der Waals surface area contributed by atoms with E-state index in [9.17, 15) is 23.9 Å². The van der Waals surface area contributed by atoms with Crippen LogP contribution >= 0.6 is 27.5 Å². The molecule has 2 N–H and O–H groups in total. The number of carbonyl (C=O) groups is 4. The highest BCUT2D eigenvalue weighted by Gasteiger charge is 2.70. The number of phenolic OH excluding ortho intramolecular Hbond substituents is 1. The van der Waals surface area contributed by atoms with Crippen molar-refractivity contribution in [2.45, 2.75) is 24.7 Å². The van der Waals surface area contributed by atoms with Gasteiger partial charge in [-0.15, -0.1) is 0 Å². The first-order chi connectivity index (χ1) is 25.6. The van der Waals surface area contributed by atoms with E-state index in [0.29, 0.717) is 38.8 Å². The van der Waals surface area contributed by atoms with Crippen LogP contribution in [0.1, 0.15) is 24.0 Å². The minimum absolute atomic E-state index is 0.0463. The fourth-order valence-corrected chi connectivity index (χ4v) is 9.71. The van der Waals surface area contributed by atoms with Crippen LogP contribution in [-0.4, -0.2) is 33.7 Å². The van der Waals surface area contributed by atoms with Crippen LogP contribution in [0.25, 0.3) is 0 Å². The molecular weight excluding hydrogens is 765 g/mol. The molecule has 9 rings (SSSR count). The van der Waals surface area contributed by atoms with Crippen LogP contribution in [0.4, 0.5) is 15.8 Å². The van der Waals surface area contributed by atoms with Gasteiger partial charge in [0.1, 0.15) is 17.3 Å². The average molecular weight is 795 g/mol. The number of hydrogen-bond acceptors (Lipinski definition) is 7. The molecule has 266 valence electrons. The van der Waals surface area contributed by atoms with Gasteiger partial charge in [-0.2, -0.15) is 5.01 Å².